The number of rotatable bonds is 4. The van der Waals surface area contributed by atoms with E-state index in [1.807, 2.05) is 11.8 Å². The van der Waals surface area contributed by atoms with Gasteiger partial charge in [-0.2, -0.15) is 0 Å². The molecule has 3 fully saturated rings. The lowest BCUT2D eigenvalue weighted by Gasteiger charge is -2.49. The number of hydrogen-bond acceptors (Lipinski definition) is 4. The van der Waals surface area contributed by atoms with Gasteiger partial charge in [0.25, 0.3) is 0 Å². The third kappa shape index (κ3) is 4.75. The number of ether oxygens (including phenoxy) is 1. The number of likely N-dealkylation sites (tertiary alicyclic amines) is 1. The molecule has 1 amide bonds. The second kappa shape index (κ2) is 8.36. The quantitative estimate of drug-likeness (QED) is 0.778. The van der Waals surface area contributed by atoms with Gasteiger partial charge in [0.15, 0.2) is 0 Å². The van der Waals surface area contributed by atoms with Crippen LogP contribution in [0.5, 0.6) is 0 Å². The van der Waals surface area contributed by atoms with Crippen molar-refractivity contribution in [1.29, 1.82) is 0 Å². The van der Waals surface area contributed by atoms with E-state index in [2.05, 4.69) is 23.6 Å². The highest BCUT2D eigenvalue weighted by atomic mass is 16.5. The Hall–Kier alpha value is -0.650. The third-order valence-electron chi connectivity index (χ3n) is 6.34. The van der Waals surface area contributed by atoms with Gasteiger partial charge in [-0.15, -0.1) is 0 Å². The van der Waals surface area contributed by atoms with Gasteiger partial charge in [-0.25, -0.2) is 0 Å². The number of carbonyl (C=O) groups is 1. The average Bonchev–Trinajstić information content (AvgIpc) is 2.62. The van der Waals surface area contributed by atoms with Crippen molar-refractivity contribution in [2.24, 2.45) is 5.92 Å². The highest BCUT2D eigenvalue weighted by Crippen LogP contribution is 2.37. The standard InChI is InChI=1S/C20H37N3O2/c1-4-19(24)23-8-6-20(7-9-23)15-18(5-14-25-20)22-12-10-21(11-13-22)16-17(2)3/h17-18H,4-16H2,1-3H3. The Balaban J connectivity index is 1.50. The monoisotopic (exact) mass is 351 g/mol. The van der Waals surface area contributed by atoms with Crippen LogP contribution in [0, 0.1) is 5.92 Å². The maximum absolute atomic E-state index is 11.9. The molecule has 3 aliphatic rings. The number of carbonyl (C=O) groups excluding carboxylic acids is 1. The van der Waals surface area contributed by atoms with Crippen LogP contribution in [-0.2, 0) is 9.53 Å². The first-order chi connectivity index (χ1) is 12.0. The third-order valence-corrected chi connectivity index (χ3v) is 6.34. The van der Waals surface area contributed by atoms with Crippen LogP contribution in [0.3, 0.4) is 0 Å². The van der Waals surface area contributed by atoms with Crippen molar-refractivity contribution in [2.45, 2.75) is 64.5 Å². The van der Waals surface area contributed by atoms with Crippen molar-refractivity contribution in [3.8, 4) is 0 Å². The molecule has 0 radical (unpaired) electrons. The molecule has 3 saturated heterocycles. The summed E-state index contributed by atoms with van der Waals surface area (Å²) in [7, 11) is 0. The zero-order valence-corrected chi connectivity index (χ0v) is 16.5. The maximum Gasteiger partial charge on any atom is 0.222 e. The van der Waals surface area contributed by atoms with Crippen LogP contribution in [0.15, 0.2) is 0 Å². The molecule has 0 N–H and O–H groups in total. The van der Waals surface area contributed by atoms with E-state index in [-0.39, 0.29) is 5.60 Å². The normalized spacial score (nSPS) is 28.6. The molecule has 25 heavy (non-hydrogen) atoms. The van der Waals surface area contributed by atoms with E-state index in [4.69, 9.17) is 4.74 Å². The molecule has 0 aromatic heterocycles. The molecule has 1 spiro atoms. The van der Waals surface area contributed by atoms with Crippen LogP contribution < -0.4 is 0 Å². The molecular weight excluding hydrogens is 314 g/mol. The van der Waals surface area contributed by atoms with Crippen molar-refractivity contribution in [3.05, 3.63) is 0 Å². The number of piperazine rings is 1. The van der Waals surface area contributed by atoms with Crippen molar-refractivity contribution in [3.63, 3.8) is 0 Å². The van der Waals surface area contributed by atoms with E-state index in [1.54, 1.807) is 0 Å². The summed E-state index contributed by atoms with van der Waals surface area (Å²) >= 11 is 0. The van der Waals surface area contributed by atoms with E-state index in [0.29, 0.717) is 18.4 Å². The van der Waals surface area contributed by atoms with Gasteiger partial charge >= 0.3 is 0 Å². The maximum atomic E-state index is 11.9. The fraction of sp³-hybridized carbons (Fsp3) is 0.950. The second-order valence-electron chi connectivity index (χ2n) is 8.64. The summed E-state index contributed by atoms with van der Waals surface area (Å²) in [5, 5.41) is 0. The highest BCUT2D eigenvalue weighted by molar-refractivity contribution is 5.75. The second-order valence-corrected chi connectivity index (χ2v) is 8.64. The predicted octanol–water partition coefficient (Wildman–Crippen LogP) is 2.21. The van der Waals surface area contributed by atoms with Crippen LogP contribution >= 0.6 is 0 Å². The average molecular weight is 352 g/mol. The van der Waals surface area contributed by atoms with Gasteiger partial charge in [-0.05, 0) is 31.6 Å². The zero-order chi connectivity index (χ0) is 17.9. The van der Waals surface area contributed by atoms with E-state index in [1.165, 1.54) is 39.1 Å². The van der Waals surface area contributed by atoms with Gasteiger partial charge in [-0.1, -0.05) is 20.8 Å². The predicted molar refractivity (Wildman–Crippen MR) is 101 cm³/mol. The van der Waals surface area contributed by atoms with Gasteiger partial charge in [0, 0.05) is 64.9 Å². The van der Waals surface area contributed by atoms with E-state index in [9.17, 15) is 4.79 Å². The largest absolute Gasteiger partial charge is 0.375 e. The summed E-state index contributed by atoms with van der Waals surface area (Å²) < 4.78 is 6.29. The molecule has 144 valence electrons. The van der Waals surface area contributed by atoms with Crippen LogP contribution in [0.1, 0.15) is 52.9 Å². The summed E-state index contributed by atoms with van der Waals surface area (Å²) in [5.74, 6) is 1.05. The summed E-state index contributed by atoms with van der Waals surface area (Å²) in [4.78, 5) is 19.3. The first kappa shape index (κ1) is 19.1. The number of amides is 1. The number of piperidine rings is 1. The summed E-state index contributed by atoms with van der Waals surface area (Å²) in [5.41, 5.74) is 0.0303. The van der Waals surface area contributed by atoms with Gasteiger partial charge in [0.05, 0.1) is 5.60 Å². The van der Waals surface area contributed by atoms with Gasteiger partial charge in [0.1, 0.15) is 0 Å². The van der Waals surface area contributed by atoms with Gasteiger partial charge in [-0.3, -0.25) is 9.69 Å². The Labute approximate surface area is 153 Å². The topological polar surface area (TPSA) is 36.0 Å². The molecule has 0 saturated carbocycles. The summed E-state index contributed by atoms with van der Waals surface area (Å²) in [6.07, 6.45) is 4.98. The minimum atomic E-state index is 0.0303. The lowest BCUT2D eigenvalue weighted by molar-refractivity contribution is -0.150. The molecule has 0 aliphatic carbocycles. The van der Waals surface area contributed by atoms with Crippen molar-refractivity contribution in [2.75, 3.05) is 52.4 Å². The molecule has 5 heteroatoms. The minimum absolute atomic E-state index is 0.0303. The van der Waals surface area contributed by atoms with Gasteiger partial charge in [0.2, 0.25) is 5.91 Å². The van der Waals surface area contributed by atoms with E-state index >= 15 is 0 Å². The first-order valence-electron chi connectivity index (χ1n) is 10.4. The Morgan fingerprint density at radius 1 is 1.12 bits per heavy atom. The first-order valence-corrected chi connectivity index (χ1v) is 10.4. The molecule has 0 aromatic carbocycles. The molecule has 1 atom stereocenters. The molecule has 3 aliphatic heterocycles. The SMILES string of the molecule is CCC(=O)N1CCC2(CC1)CC(N1CCN(CC(C)C)CC1)CCO2. The Morgan fingerprint density at radius 3 is 2.40 bits per heavy atom. The number of hydrogen-bond donors (Lipinski definition) is 0. The smallest absolute Gasteiger partial charge is 0.222 e. The summed E-state index contributed by atoms with van der Waals surface area (Å²) in [6.45, 7) is 15.3. The highest BCUT2D eigenvalue weighted by Gasteiger charge is 2.42. The molecule has 0 aromatic rings. The van der Waals surface area contributed by atoms with Crippen LogP contribution in [-0.4, -0.2) is 84.7 Å². The van der Waals surface area contributed by atoms with Crippen LogP contribution in [0.2, 0.25) is 0 Å². The van der Waals surface area contributed by atoms with Crippen molar-refractivity contribution >= 4 is 5.91 Å². The van der Waals surface area contributed by atoms with E-state index in [0.717, 1.165) is 44.9 Å². The summed E-state index contributed by atoms with van der Waals surface area (Å²) in [6, 6.07) is 0.670. The van der Waals surface area contributed by atoms with E-state index < -0.39 is 0 Å². The van der Waals surface area contributed by atoms with Crippen molar-refractivity contribution < 1.29 is 9.53 Å². The van der Waals surface area contributed by atoms with Crippen LogP contribution in [0.25, 0.3) is 0 Å². The molecular formula is C20H37N3O2. The molecule has 3 rings (SSSR count). The van der Waals surface area contributed by atoms with Crippen molar-refractivity contribution in [1.82, 2.24) is 14.7 Å². The van der Waals surface area contributed by atoms with Gasteiger partial charge < -0.3 is 14.5 Å². The molecule has 0 bridgehead atoms. The molecule has 5 nitrogen and oxygen atoms in total. The lowest BCUT2D eigenvalue weighted by Crippen LogP contribution is -2.57. The number of nitrogens with zero attached hydrogens (tertiary/aromatic N) is 3. The molecule has 1 unspecified atom stereocenters. The Morgan fingerprint density at radius 2 is 1.80 bits per heavy atom. The zero-order valence-electron chi connectivity index (χ0n) is 16.5. The fourth-order valence-corrected chi connectivity index (χ4v) is 4.88. The van der Waals surface area contributed by atoms with Crippen LogP contribution in [0.4, 0.5) is 0 Å². The molecule has 3 heterocycles. The minimum Gasteiger partial charge on any atom is -0.375 e. The Kier molecular flexibility index (Phi) is 6.39. The fourth-order valence-electron chi connectivity index (χ4n) is 4.88. The lowest BCUT2D eigenvalue weighted by atomic mass is 9.81. The Bertz CT molecular complexity index is 438.